The van der Waals surface area contributed by atoms with Gasteiger partial charge in [-0.3, -0.25) is 4.79 Å². The molecule has 2 aromatic heterocycles. The second-order valence-corrected chi connectivity index (χ2v) is 5.89. The number of aromatic carboxylic acids is 1. The van der Waals surface area contributed by atoms with Crippen LogP contribution in [0.25, 0.3) is 15.7 Å². The summed E-state index contributed by atoms with van der Waals surface area (Å²) in [5, 5.41) is 11.5. The predicted octanol–water partition coefficient (Wildman–Crippen LogP) is 2.09. The smallest absolute Gasteiger partial charge is 0.342 e. The summed E-state index contributed by atoms with van der Waals surface area (Å²) in [5.41, 5.74) is 0.562. The molecule has 0 unspecified atom stereocenters. The normalized spacial score (nSPS) is 13.1. The largest absolute Gasteiger partial charge is 0.477 e. The minimum absolute atomic E-state index is 0.0774. The van der Waals surface area contributed by atoms with Crippen molar-refractivity contribution in [3.63, 3.8) is 0 Å². The van der Waals surface area contributed by atoms with Crippen LogP contribution in [0.4, 0.5) is 0 Å². The van der Waals surface area contributed by atoms with E-state index < -0.39 is 11.4 Å². The molecule has 0 amide bonds. The van der Waals surface area contributed by atoms with E-state index in [4.69, 9.17) is 14.2 Å². The number of rotatable bonds is 3. The number of methoxy groups -OCH3 is 1. The van der Waals surface area contributed by atoms with Crippen LogP contribution in [0.3, 0.4) is 0 Å². The highest BCUT2D eigenvalue weighted by atomic mass is 32.1. The molecular formula is C15H11NO6S. The Kier molecular flexibility index (Phi) is 3.03. The minimum Gasteiger partial charge on any atom is -0.477 e. The van der Waals surface area contributed by atoms with Crippen molar-refractivity contribution >= 4 is 33.0 Å². The Hall–Kier alpha value is -2.58. The Labute approximate surface area is 133 Å². The van der Waals surface area contributed by atoms with Gasteiger partial charge in [0, 0.05) is 18.6 Å². The number of pyridine rings is 1. The summed E-state index contributed by atoms with van der Waals surface area (Å²) in [6.07, 6.45) is 0. The van der Waals surface area contributed by atoms with Crippen LogP contribution >= 0.6 is 11.3 Å². The summed E-state index contributed by atoms with van der Waals surface area (Å²) < 4.78 is 17.6. The molecule has 118 valence electrons. The molecule has 3 aromatic rings. The lowest BCUT2D eigenvalue weighted by Gasteiger charge is -2.09. The quantitative estimate of drug-likeness (QED) is 0.790. The van der Waals surface area contributed by atoms with Gasteiger partial charge in [0.25, 0.3) is 0 Å². The molecule has 1 aromatic carbocycles. The van der Waals surface area contributed by atoms with E-state index >= 15 is 0 Å². The Morgan fingerprint density at radius 2 is 2.13 bits per heavy atom. The van der Waals surface area contributed by atoms with Gasteiger partial charge >= 0.3 is 5.97 Å². The van der Waals surface area contributed by atoms with Crippen molar-refractivity contribution in [2.75, 3.05) is 13.9 Å². The van der Waals surface area contributed by atoms with Crippen LogP contribution in [0, 0.1) is 0 Å². The van der Waals surface area contributed by atoms with Crippen LogP contribution < -0.4 is 14.9 Å². The fraction of sp³-hybridized carbons (Fsp3) is 0.200. The maximum atomic E-state index is 12.6. The van der Waals surface area contributed by atoms with Crippen molar-refractivity contribution in [1.29, 1.82) is 0 Å². The minimum atomic E-state index is -1.25. The number of carboxylic acid groups (broad SMARTS) is 1. The molecule has 3 heterocycles. The fourth-order valence-electron chi connectivity index (χ4n) is 2.76. The topological polar surface area (TPSA) is 86.5 Å². The van der Waals surface area contributed by atoms with E-state index in [1.807, 2.05) is 0 Å². The average molecular weight is 333 g/mol. The summed E-state index contributed by atoms with van der Waals surface area (Å²) in [6, 6.07) is 3.23. The molecule has 8 heteroatoms. The highest BCUT2D eigenvalue weighted by molar-refractivity contribution is 7.16. The molecule has 0 bridgehead atoms. The number of thiazole rings is 1. The summed E-state index contributed by atoms with van der Waals surface area (Å²) in [5.74, 6) is -0.282. The molecule has 0 aliphatic carbocycles. The number of fused-ring (bicyclic) bond motifs is 4. The zero-order valence-corrected chi connectivity index (χ0v) is 12.8. The van der Waals surface area contributed by atoms with Crippen LogP contribution in [0.1, 0.15) is 16.1 Å². The van der Waals surface area contributed by atoms with Crippen molar-refractivity contribution < 1.29 is 24.1 Å². The molecule has 1 aliphatic heterocycles. The van der Waals surface area contributed by atoms with Crippen molar-refractivity contribution in [2.24, 2.45) is 0 Å². The average Bonchev–Trinajstić information content (AvgIpc) is 3.12. The van der Waals surface area contributed by atoms with Crippen molar-refractivity contribution in [3.8, 4) is 11.5 Å². The van der Waals surface area contributed by atoms with Gasteiger partial charge in [0.1, 0.15) is 10.4 Å². The zero-order chi connectivity index (χ0) is 16.1. The monoisotopic (exact) mass is 333 g/mol. The highest BCUT2D eigenvalue weighted by Crippen LogP contribution is 2.36. The molecule has 23 heavy (non-hydrogen) atoms. The van der Waals surface area contributed by atoms with E-state index in [1.54, 1.807) is 23.0 Å². The summed E-state index contributed by atoms with van der Waals surface area (Å²) >= 11 is 1.20. The lowest BCUT2D eigenvalue weighted by atomic mass is 10.1. The van der Waals surface area contributed by atoms with Gasteiger partial charge in [-0.1, -0.05) is 0 Å². The zero-order valence-electron chi connectivity index (χ0n) is 12.0. The third kappa shape index (κ3) is 1.92. The first-order valence-corrected chi connectivity index (χ1v) is 7.60. The van der Waals surface area contributed by atoms with Crippen LogP contribution in [0.5, 0.6) is 11.5 Å². The molecule has 0 fully saturated rings. The van der Waals surface area contributed by atoms with Crippen molar-refractivity contribution in [2.45, 2.75) is 6.61 Å². The Balaban J connectivity index is 2.23. The van der Waals surface area contributed by atoms with E-state index in [0.717, 1.165) is 5.69 Å². The van der Waals surface area contributed by atoms with Crippen LogP contribution in [0.2, 0.25) is 0 Å². The molecular weight excluding hydrogens is 322 g/mol. The second-order valence-electron chi connectivity index (χ2n) is 5.03. The molecule has 0 atom stereocenters. The van der Waals surface area contributed by atoms with Gasteiger partial charge in [-0.05, 0) is 6.07 Å². The standard InChI is InChI=1S/C15H11NO6S/c1-20-4-7-5-23-14-12(15(18)19)13(17)8-2-10-11(22-6-21-10)3-9(8)16(7)14/h2-3,5H,4,6H2,1H3,(H,18,19). The maximum Gasteiger partial charge on any atom is 0.342 e. The van der Waals surface area contributed by atoms with Gasteiger partial charge in [-0.25, -0.2) is 4.79 Å². The Morgan fingerprint density at radius 3 is 2.83 bits per heavy atom. The van der Waals surface area contributed by atoms with E-state index in [9.17, 15) is 14.7 Å². The van der Waals surface area contributed by atoms with Gasteiger partial charge in [0.2, 0.25) is 12.2 Å². The molecule has 4 rings (SSSR count). The van der Waals surface area contributed by atoms with Gasteiger partial charge in [0.15, 0.2) is 11.5 Å². The number of benzene rings is 1. The first-order chi connectivity index (χ1) is 11.1. The highest BCUT2D eigenvalue weighted by Gasteiger charge is 2.24. The number of ether oxygens (including phenoxy) is 3. The lowest BCUT2D eigenvalue weighted by Crippen LogP contribution is -2.17. The molecule has 1 aliphatic rings. The number of carboxylic acids is 1. The van der Waals surface area contributed by atoms with Gasteiger partial charge < -0.3 is 23.7 Å². The van der Waals surface area contributed by atoms with Crippen molar-refractivity contribution in [1.82, 2.24) is 4.40 Å². The third-order valence-electron chi connectivity index (χ3n) is 3.72. The number of hydrogen-bond acceptors (Lipinski definition) is 6. The summed E-state index contributed by atoms with van der Waals surface area (Å²) in [6.45, 7) is 0.374. The molecule has 7 nitrogen and oxygen atoms in total. The molecule has 0 saturated heterocycles. The number of carbonyl (C=O) groups is 1. The third-order valence-corrected chi connectivity index (χ3v) is 4.72. The lowest BCUT2D eigenvalue weighted by molar-refractivity contribution is 0.0697. The summed E-state index contributed by atoms with van der Waals surface area (Å²) in [7, 11) is 1.56. The molecule has 0 spiro atoms. The second kappa shape index (κ2) is 4.97. The van der Waals surface area contributed by atoms with Gasteiger partial charge in [-0.15, -0.1) is 11.3 Å². The van der Waals surface area contributed by atoms with Gasteiger partial charge in [0.05, 0.1) is 23.2 Å². The van der Waals surface area contributed by atoms with E-state index in [-0.39, 0.29) is 17.7 Å². The number of aromatic nitrogens is 1. The van der Waals surface area contributed by atoms with Gasteiger partial charge in [-0.2, -0.15) is 0 Å². The summed E-state index contributed by atoms with van der Waals surface area (Å²) in [4.78, 5) is 24.6. The molecule has 0 saturated carbocycles. The Morgan fingerprint density at radius 1 is 1.39 bits per heavy atom. The van der Waals surface area contributed by atoms with Crippen molar-refractivity contribution in [3.05, 3.63) is 39.0 Å². The van der Waals surface area contributed by atoms with E-state index in [2.05, 4.69) is 0 Å². The SMILES string of the molecule is COCc1csc2c(C(=O)O)c(=O)c3cc4c(cc3n12)OCO4. The predicted molar refractivity (Wildman–Crippen MR) is 82.8 cm³/mol. The van der Waals surface area contributed by atoms with E-state index in [0.29, 0.717) is 28.5 Å². The molecule has 1 N–H and O–H groups in total. The van der Waals surface area contributed by atoms with E-state index in [1.165, 1.54) is 17.4 Å². The first-order valence-electron chi connectivity index (χ1n) is 6.72. The fourth-order valence-corrected chi connectivity index (χ4v) is 3.80. The maximum absolute atomic E-state index is 12.6. The van der Waals surface area contributed by atoms with Crippen LogP contribution in [-0.4, -0.2) is 29.4 Å². The molecule has 0 radical (unpaired) electrons. The number of hydrogen-bond donors (Lipinski definition) is 1. The van der Waals surface area contributed by atoms with Crippen LogP contribution in [-0.2, 0) is 11.3 Å². The Bertz CT molecular complexity index is 1020. The first kappa shape index (κ1) is 14.0. The van der Waals surface area contributed by atoms with Crippen LogP contribution in [0.15, 0.2) is 22.3 Å². The number of nitrogens with zero attached hydrogens (tertiary/aromatic N) is 1.